The van der Waals surface area contributed by atoms with E-state index in [0.717, 1.165) is 32.3 Å². The number of nitrogens with two attached hydrogens (primary N) is 2. The van der Waals surface area contributed by atoms with Gasteiger partial charge < -0.3 is 16.2 Å². The van der Waals surface area contributed by atoms with Crippen LogP contribution in [0, 0.1) is 5.92 Å². The van der Waals surface area contributed by atoms with E-state index in [9.17, 15) is 0 Å². The molecule has 134 valence electrons. The molecule has 0 saturated carbocycles. The molecular formula is C19H42N2O. The van der Waals surface area contributed by atoms with Gasteiger partial charge in [0.05, 0.1) is 5.60 Å². The zero-order valence-electron chi connectivity index (χ0n) is 16.1. The maximum Gasteiger partial charge on any atom is 0.0626 e. The fourth-order valence-electron chi connectivity index (χ4n) is 2.55. The molecule has 2 unspecified atom stereocenters. The third kappa shape index (κ3) is 12.4. The van der Waals surface area contributed by atoms with Crippen molar-refractivity contribution in [1.82, 2.24) is 0 Å². The van der Waals surface area contributed by atoms with Gasteiger partial charge in [-0.1, -0.05) is 32.6 Å². The first kappa shape index (κ1) is 21.9. The Morgan fingerprint density at radius 3 is 2.00 bits per heavy atom. The number of hydrogen-bond acceptors (Lipinski definition) is 3. The largest absolute Gasteiger partial charge is 0.376 e. The molecule has 0 bridgehead atoms. The molecule has 3 nitrogen and oxygen atoms in total. The standard InChI is InChI=1S/C19H42N2O/c1-16(19(5,6)21)12-11-15-22-18(3,4)14-10-8-7-9-13-17(2)20/h16-17H,7-15,20-21H2,1-6H3. The smallest absolute Gasteiger partial charge is 0.0626 e. The first-order valence-electron chi connectivity index (χ1n) is 9.23. The van der Waals surface area contributed by atoms with Gasteiger partial charge in [0.25, 0.3) is 0 Å². The summed E-state index contributed by atoms with van der Waals surface area (Å²) >= 11 is 0. The van der Waals surface area contributed by atoms with E-state index in [1.807, 2.05) is 0 Å². The van der Waals surface area contributed by atoms with Gasteiger partial charge in [0, 0.05) is 18.2 Å². The van der Waals surface area contributed by atoms with Crippen LogP contribution in [-0.4, -0.2) is 23.8 Å². The molecule has 0 rings (SSSR count). The molecule has 0 saturated heterocycles. The second kappa shape index (κ2) is 10.6. The predicted octanol–water partition coefficient (Wildman–Crippen LogP) is 4.62. The van der Waals surface area contributed by atoms with Gasteiger partial charge in [0.2, 0.25) is 0 Å². The minimum Gasteiger partial charge on any atom is -0.376 e. The third-order valence-electron chi connectivity index (χ3n) is 4.73. The lowest BCUT2D eigenvalue weighted by molar-refractivity contribution is -0.0280. The minimum absolute atomic E-state index is 0.00261. The van der Waals surface area contributed by atoms with Crippen LogP contribution < -0.4 is 11.5 Å². The van der Waals surface area contributed by atoms with Crippen LogP contribution in [0.25, 0.3) is 0 Å². The van der Waals surface area contributed by atoms with Crippen LogP contribution in [0.3, 0.4) is 0 Å². The number of hydrogen-bond donors (Lipinski definition) is 2. The Kier molecular flexibility index (Phi) is 10.6. The van der Waals surface area contributed by atoms with E-state index in [4.69, 9.17) is 16.2 Å². The molecule has 0 aliphatic rings. The maximum absolute atomic E-state index is 6.12. The van der Waals surface area contributed by atoms with Crippen molar-refractivity contribution >= 4 is 0 Å². The van der Waals surface area contributed by atoms with Crippen LogP contribution in [0.2, 0.25) is 0 Å². The van der Waals surface area contributed by atoms with Crippen molar-refractivity contribution in [2.45, 2.75) is 110 Å². The molecule has 0 spiro atoms. The van der Waals surface area contributed by atoms with Gasteiger partial charge in [-0.2, -0.15) is 0 Å². The van der Waals surface area contributed by atoms with Gasteiger partial charge in [-0.15, -0.1) is 0 Å². The SMILES string of the molecule is CC(N)CCCCCCC(C)(C)OCCCC(C)C(C)(C)N. The van der Waals surface area contributed by atoms with E-state index in [2.05, 4.69) is 41.5 Å². The summed E-state index contributed by atoms with van der Waals surface area (Å²) in [6, 6.07) is 0.348. The summed E-state index contributed by atoms with van der Waals surface area (Å²) in [4.78, 5) is 0. The summed E-state index contributed by atoms with van der Waals surface area (Å²) in [5.74, 6) is 0.532. The van der Waals surface area contributed by atoms with Crippen molar-refractivity contribution in [3.05, 3.63) is 0 Å². The van der Waals surface area contributed by atoms with Gasteiger partial charge in [-0.25, -0.2) is 0 Å². The Bertz CT molecular complexity index is 269. The molecule has 0 aliphatic carbocycles. The molecule has 0 aromatic rings. The molecule has 0 amide bonds. The predicted molar refractivity (Wildman–Crippen MR) is 98.0 cm³/mol. The Labute approximate surface area is 139 Å². The van der Waals surface area contributed by atoms with Crippen molar-refractivity contribution < 1.29 is 4.74 Å². The molecular weight excluding hydrogens is 272 g/mol. The van der Waals surface area contributed by atoms with Crippen LogP contribution in [0.5, 0.6) is 0 Å². The molecule has 0 aliphatic heterocycles. The van der Waals surface area contributed by atoms with E-state index in [0.29, 0.717) is 12.0 Å². The van der Waals surface area contributed by atoms with Crippen molar-refractivity contribution in [1.29, 1.82) is 0 Å². The van der Waals surface area contributed by atoms with Gasteiger partial charge in [-0.3, -0.25) is 0 Å². The highest BCUT2D eigenvalue weighted by Gasteiger charge is 2.21. The van der Waals surface area contributed by atoms with Gasteiger partial charge in [-0.05, 0) is 66.2 Å². The van der Waals surface area contributed by atoms with Crippen molar-refractivity contribution in [2.75, 3.05) is 6.61 Å². The molecule has 0 aromatic heterocycles. The molecule has 2 atom stereocenters. The van der Waals surface area contributed by atoms with Gasteiger partial charge in [0.15, 0.2) is 0 Å². The highest BCUT2D eigenvalue weighted by molar-refractivity contribution is 4.78. The van der Waals surface area contributed by atoms with Crippen LogP contribution in [0.4, 0.5) is 0 Å². The zero-order chi connectivity index (χ0) is 17.2. The highest BCUT2D eigenvalue weighted by Crippen LogP contribution is 2.22. The highest BCUT2D eigenvalue weighted by atomic mass is 16.5. The molecule has 0 aromatic carbocycles. The Hall–Kier alpha value is -0.120. The van der Waals surface area contributed by atoms with E-state index >= 15 is 0 Å². The molecule has 4 N–H and O–H groups in total. The number of unbranched alkanes of at least 4 members (excludes halogenated alkanes) is 3. The Balaban J connectivity index is 3.65. The Morgan fingerprint density at radius 1 is 0.864 bits per heavy atom. The average molecular weight is 315 g/mol. The second-order valence-electron chi connectivity index (χ2n) is 8.40. The van der Waals surface area contributed by atoms with E-state index in [1.165, 1.54) is 25.7 Å². The molecule has 0 fully saturated rings. The lowest BCUT2D eigenvalue weighted by atomic mass is 9.87. The minimum atomic E-state index is -0.0868. The fraction of sp³-hybridized carbons (Fsp3) is 1.00. The van der Waals surface area contributed by atoms with Crippen molar-refractivity contribution in [3.8, 4) is 0 Å². The van der Waals surface area contributed by atoms with Gasteiger partial charge >= 0.3 is 0 Å². The van der Waals surface area contributed by atoms with Crippen molar-refractivity contribution in [2.24, 2.45) is 17.4 Å². The van der Waals surface area contributed by atoms with E-state index in [1.54, 1.807) is 0 Å². The summed E-state index contributed by atoms with van der Waals surface area (Å²) in [5, 5.41) is 0. The second-order valence-corrected chi connectivity index (χ2v) is 8.40. The van der Waals surface area contributed by atoms with Gasteiger partial charge in [0.1, 0.15) is 0 Å². The summed E-state index contributed by atoms with van der Waals surface area (Å²) < 4.78 is 6.08. The summed E-state index contributed by atoms with van der Waals surface area (Å²) in [7, 11) is 0. The topological polar surface area (TPSA) is 61.3 Å². The molecule has 0 radical (unpaired) electrons. The normalized spacial score (nSPS) is 15.8. The lowest BCUT2D eigenvalue weighted by Gasteiger charge is -2.29. The van der Waals surface area contributed by atoms with Crippen LogP contribution in [-0.2, 0) is 4.74 Å². The maximum atomic E-state index is 6.12. The van der Waals surface area contributed by atoms with E-state index in [-0.39, 0.29) is 11.1 Å². The molecule has 3 heteroatoms. The van der Waals surface area contributed by atoms with Crippen LogP contribution in [0.15, 0.2) is 0 Å². The zero-order valence-corrected chi connectivity index (χ0v) is 16.1. The van der Waals surface area contributed by atoms with Crippen molar-refractivity contribution in [3.63, 3.8) is 0 Å². The summed E-state index contributed by atoms with van der Waals surface area (Å²) in [6.45, 7) is 13.8. The Morgan fingerprint density at radius 2 is 1.45 bits per heavy atom. The van der Waals surface area contributed by atoms with Crippen LogP contribution in [0.1, 0.15) is 92.9 Å². The number of ether oxygens (including phenoxy) is 1. The molecule has 22 heavy (non-hydrogen) atoms. The summed E-state index contributed by atoms with van der Waals surface area (Å²) in [5.41, 5.74) is 11.8. The third-order valence-corrected chi connectivity index (χ3v) is 4.73. The monoisotopic (exact) mass is 314 g/mol. The fourth-order valence-corrected chi connectivity index (χ4v) is 2.55. The number of rotatable bonds is 13. The van der Waals surface area contributed by atoms with Crippen LogP contribution >= 0.6 is 0 Å². The quantitative estimate of drug-likeness (QED) is 0.487. The van der Waals surface area contributed by atoms with E-state index < -0.39 is 0 Å². The first-order chi connectivity index (χ1) is 10.0. The lowest BCUT2D eigenvalue weighted by Crippen LogP contribution is -2.39. The molecule has 0 heterocycles. The summed E-state index contributed by atoms with van der Waals surface area (Å²) in [6.07, 6.45) is 9.61. The average Bonchev–Trinajstić information content (AvgIpc) is 2.37. The first-order valence-corrected chi connectivity index (χ1v) is 9.23.